The zero-order valence-corrected chi connectivity index (χ0v) is 13.1. The van der Waals surface area contributed by atoms with Crippen molar-refractivity contribution >= 4 is 28.3 Å². The average Bonchev–Trinajstić information content (AvgIpc) is 2.31. The highest BCUT2D eigenvalue weighted by Gasteiger charge is 2.32. The summed E-state index contributed by atoms with van der Waals surface area (Å²) in [7, 11) is 0. The Kier molecular flexibility index (Phi) is 3.96. The first-order chi connectivity index (χ1) is 9.15. The molecule has 2 heterocycles. The molecule has 0 N–H and O–H groups in total. The zero-order chi connectivity index (χ0) is 13.4. The molecule has 0 saturated carbocycles. The Hall–Kier alpha value is -0.400. The maximum absolute atomic E-state index is 13.4. The molecule has 2 aliphatic heterocycles. The molecule has 3 rings (SSSR count). The van der Waals surface area contributed by atoms with Crippen LogP contribution in [0.15, 0.2) is 18.2 Å². The minimum Gasteiger partial charge on any atom is -0.378 e. The molecule has 5 heteroatoms. The molecule has 104 valence electrons. The van der Waals surface area contributed by atoms with Crippen LogP contribution in [0.3, 0.4) is 0 Å². The van der Waals surface area contributed by atoms with E-state index < -0.39 is 0 Å². The monoisotopic (exact) mass is 376 g/mol. The largest absolute Gasteiger partial charge is 0.378 e. The first kappa shape index (κ1) is 13.6. The van der Waals surface area contributed by atoms with E-state index in [1.165, 1.54) is 6.07 Å². The van der Waals surface area contributed by atoms with Gasteiger partial charge in [-0.05, 0) is 47.7 Å². The van der Waals surface area contributed by atoms with E-state index in [4.69, 9.17) is 4.74 Å². The zero-order valence-electron chi connectivity index (χ0n) is 11.0. The van der Waals surface area contributed by atoms with Crippen molar-refractivity contribution in [3.8, 4) is 0 Å². The topological polar surface area (TPSA) is 15.7 Å². The Balaban J connectivity index is 1.74. The van der Waals surface area contributed by atoms with Crippen molar-refractivity contribution in [2.45, 2.75) is 19.0 Å². The van der Waals surface area contributed by atoms with Crippen LogP contribution >= 0.6 is 22.6 Å². The van der Waals surface area contributed by atoms with E-state index in [1.807, 2.05) is 6.07 Å². The fraction of sp³-hybridized carbons (Fsp3) is 0.571. The van der Waals surface area contributed by atoms with Crippen LogP contribution in [-0.2, 0) is 4.74 Å². The molecular formula is C14H18FIN2O. The third kappa shape index (κ3) is 2.73. The molecule has 0 aromatic heterocycles. The predicted molar refractivity (Wildman–Crippen MR) is 82.1 cm³/mol. The standard InChI is InChI=1S/C14H18FIN2O/c1-10-7-17(12-8-19-9-12)4-5-18(10)14-6-11(15)2-3-13(14)16/h2-3,6,10,12H,4-5,7-9H2,1H3/t10-/m0/s1. The molecule has 2 aliphatic rings. The molecule has 0 amide bonds. The van der Waals surface area contributed by atoms with Crippen LogP contribution in [0.5, 0.6) is 0 Å². The van der Waals surface area contributed by atoms with Crippen molar-refractivity contribution in [3.63, 3.8) is 0 Å². The van der Waals surface area contributed by atoms with Crippen LogP contribution in [0.1, 0.15) is 6.92 Å². The molecule has 0 unspecified atom stereocenters. The lowest BCUT2D eigenvalue weighted by molar-refractivity contribution is -0.0691. The van der Waals surface area contributed by atoms with Gasteiger partial charge in [0.25, 0.3) is 0 Å². The summed E-state index contributed by atoms with van der Waals surface area (Å²) in [5, 5.41) is 0. The molecular weight excluding hydrogens is 358 g/mol. The number of halogens is 2. The van der Waals surface area contributed by atoms with Gasteiger partial charge in [0, 0.05) is 29.2 Å². The molecule has 0 aliphatic carbocycles. The lowest BCUT2D eigenvalue weighted by Crippen LogP contribution is -2.59. The lowest BCUT2D eigenvalue weighted by atomic mass is 10.1. The van der Waals surface area contributed by atoms with E-state index in [2.05, 4.69) is 39.3 Å². The van der Waals surface area contributed by atoms with E-state index in [0.29, 0.717) is 12.1 Å². The summed E-state index contributed by atoms with van der Waals surface area (Å²) in [5.74, 6) is -0.155. The van der Waals surface area contributed by atoms with Crippen molar-refractivity contribution in [2.75, 3.05) is 37.7 Å². The second kappa shape index (κ2) is 5.54. The van der Waals surface area contributed by atoms with Crippen LogP contribution in [0.25, 0.3) is 0 Å². The van der Waals surface area contributed by atoms with Crippen LogP contribution in [0.2, 0.25) is 0 Å². The van der Waals surface area contributed by atoms with Crippen LogP contribution in [0.4, 0.5) is 10.1 Å². The maximum atomic E-state index is 13.4. The van der Waals surface area contributed by atoms with Crippen LogP contribution < -0.4 is 4.90 Å². The highest BCUT2D eigenvalue weighted by atomic mass is 127. The van der Waals surface area contributed by atoms with Gasteiger partial charge in [0.05, 0.1) is 24.9 Å². The summed E-state index contributed by atoms with van der Waals surface area (Å²) in [5.41, 5.74) is 1.03. The summed E-state index contributed by atoms with van der Waals surface area (Å²) in [6, 6.07) is 6.03. The first-order valence-corrected chi connectivity index (χ1v) is 7.76. The third-order valence-corrected chi connectivity index (χ3v) is 4.93. The number of ether oxygens (including phenoxy) is 1. The number of benzene rings is 1. The predicted octanol–water partition coefficient (Wildman–Crippen LogP) is 2.34. The van der Waals surface area contributed by atoms with Gasteiger partial charge in [-0.1, -0.05) is 0 Å². The summed E-state index contributed by atoms with van der Waals surface area (Å²) in [4.78, 5) is 4.82. The third-order valence-electron chi connectivity index (χ3n) is 4.01. The van der Waals surface area contributed by atoms with Crippen molar-refractivity contribution in [1.82, 2.24) is 4.90 Å². The van der Waals surface area contributed by atoms with Gasteiger partial charge in [-0.25, -0.2) is 4.39 Å². The Labute approximate surface area is 126 Å². The van der Waals surface area contributed by atoms with Crippen molar-refractivity contribution < 1.29 is 9.13 Å². The minimum absolute atomic E-state index is 0.155. The van der Waals surface area contributed by atoms with Gasteiger partial charge in [0.2, 0.25) is 0 Å². The van der Waals surface area contributed by atoms with Gasteiger partial charge in [-0.15, -0.1) is 0 Å². The summed E-state index contributed by atoms with van der Waals surface area (Å²) >= 11 is 2.28. The van der Waals surface area contributed by atoms with Crippen LogP contribution in [-0.4, -0.2) is 49.8 Å². The van der Waals surface area contributed by atoms with Crippen molar-refractivity contribution in [1.29, 1.82) is 0 Å². The van der Waals surface area contributed by atoms with Crippen molar-refractivity contribution in [3.05, 3.63) is 27.6 Å². The van der Waals surface area contributed by atoms with E-state index >= 15 is 0 Å². The highest BCUT2D eigenvalue weighted by Crippen LogP contribution is 2.28. The molecule has 0 radical (unpaired) electrons. The minimum atomic E-state index is -0.155. The second-order valence-corrected chi connectivity index (χ2v) is 6.49. The maximum Gasteiger partial charge on any atom is 0.125 e. The quantitative estimate of drug-likeness (QED) is 0.738. The molecule has 3 nitrogen and oxygen atoms in total. The van der Waals surface area contributed by atoms with E-state index in [-0.39, 0.29) is 5.82 Å². The van der Waals surface area contributed by atoms with Gasteiger partial charge in [-0.2, -0.15) is 0 Å². The van der Waals surface area contributed by atoms with Gasteiger partial charge >= 0.3 is 0 Å². The molecule has 0 spiro atoms. The number of nitrogens with zero attached hydrogens (tertiary/aromatic N) is 2. The Morgan fingerprint density at radius 2 is 2.11 bits per heavy atom. The number of hydrogen-bond acceptors (Lipinski definition) is 3. The van der Waals surface area contributed by atoms with Crippen molar-refractivity contribution in [2.24, 2.45) is 0 Å². The Morgan fingerprint density at radius 3 is 2.74 bits per heavy atom. The smallest absolute Gasteiger partial charge is 0.125 e. The van der Waals surface area contributed by atoms with Gasteiger partial charge in [0.15, 0.2) is 0 Å². The molecule has 19 heavy (non-hydrogen) atoms. The summed E-state index contributed by atoms with van der Waals surface area (Å²) in [6.45, 7) is 6.96. The second-order valence-electron chi connectivity index (χ2n) is 5.32. The molecule has 2 fully saturated rings. The van der Waals surface area contributed by atoms with Crippen LogP contribution in [0, 0.1) is 9.39 Å². The molecule has 2 saturated heterocycles. The highest BCUT2D eigenvalue weighted by molar-refractivity contribution is 14.1. The summed E-state index contributed by atoms with van der Waals surface area (Å²) < 4.78 is 19.8. The number of rotatable bonds is 2. The molecule has 1 aromatic carbocycles. The number of hydrogen-bond donors (Lipinski definition) is 0. The van der Waals surface area contributed by atoms with E-state index in [1.54, 1.807) is 6.07 Å². The van der Waals surface area contributed by atoms with E-state index in [0.717, 1.165) is 42.1 Å². The fourth-order valence-corrected chi connectivity index (χ4v) is 3.46. The lowest BCUT2D eigenvalue weighted by Gasteiger charge is -2.46. The average molecular weight is 376 g/mol. The fourth-order valence-electron chi connectivity index (χ4n) is 2.82. The SMILES string of the molecule is C[C@H]1CN(C2COC2)CCN1c1cc(F)ccc1I. The number of anilines is 1. The van der Waals surface area contributed by atoms with Gasteiger partial charge < -0.3 is 9.64 Å². The van der Waals surface area contributed by atoms with Gasteiger partial charge in [0.1, 0.15) is 5.82 Å². The number of piperazine rings is 1. The van der Waals surface area contributed by atoms with Gasteiger partial charge in [-0.3, -0.25) is 4.90 Å². The first-order valence-electron chi connectivity index (χ1n) is 6.68. The molecule has 1 atom stereocenters. The molecule has 1 aromatic rings. The normalized spacial score (nSPS) is 25.4. The molecule has 0 bridgehead atoms. The Bertz CT molecular complexity index is 467. The Morgan fingerprint density at radius 1 is 1.32 bits per heavy atom. The summed E-state index contributed by atoms with van der Waals surface area (Å²) in [6.07, 6.45) is 0. The van der Waals surface area contributed by atoms with E-state index in [9.17, 15) is 4.39 Å².